The Hall–Kier alpha value is -1.60. The van der Waals surface area contributed by atoms with Crippen LogP contribution in [0.15, 0.2) is 54.6 Å². The molecular formula is C18H22O. The van der Waals surface area contributed by atoms with Gasteiger partial charge in [0, 0.05) is 0 Å². The Morgan fingerprint density at radius 1 is 0.842 bits per heavy atom. The topological polar surface area (TPSA) is 20.2 Å². The third kappa shape index (κ3) is 4.88. The molecule has 1 heteroatoms. The second-order valence-corrected chi connectivity index (χ2v) is 5.79. The minimum atomic E-state index is -0.588. The van der Waals surface area contributed by atoms with E-state index in [0.717, 1.165) is 19.3 Å². The molecule has 0 atom stereocenters. The molecule has 0 unspecified atom stereocenters. The molecule has 0 aliphatic rings. The Morgan fingerprint density at radius 3 is 2.16 bits per heavy atom. The van der Waals surface area contributed by atoms with Crippen molar-refractivity contribution >= 4 is 0 Å². The van der Waals surface area contributed by atoms with Gasteiger partial charge in [-0.05, 0) is 49.8 Å². The lowest BCUT2D eigenvalue weighted by molar-refractivity contribution is 0.0714. The summed E-state index contributed by atoms with van der Waals surface area (Å²) < 4.78 is 0. The Labute approximate surface area is 115 Å². The maximum absolute atomic E-state index is 9.78. The van der Waals surface area contributed by atoms with Crippen molar-refractivity contribution in [2.24, 2.45) is 0 Å². The lowest BCUT2D eigenvalue weighted by Crippen LogP contribution is -2.19. The van der Waals surface area contributed by atoms with Crippen molar-refractivity contribution in [3.8, 4) is 0 Å². The van der Waals surface area contributed by atoms with E-state index in [1.54, 1.807) is 0 Å². The molecule has 19 heavy (non-hydrogen) atoms. The van der Waals surface area contributed by atoms with Gasteiger partial charge in [-0.2, -0.15) is 0 Å². The first kappa shape index (κ1) is 13.8. The van der Waals surface area contributed by atoms with Crippen LogP contribution >= 0.6 is 0 Å². The lowest BCUT2D eigenvalue weighted by Gasteiger charge is -2.16. The summed E-state index contributed by atoms with van der Waals surface area (Å²) in [5, 5.41) is 9.78. The Balaban J connectivity index is 2.03. The molecule has 1 nitrogen and oxygen atoms in total. The van der Waals surface area contributed by atoms with Crippen LogP contribution in [0, 0.1) is 0 Å². The van der Waals surface area contributed by atoms with Crippen molar-refractivity contribution in [2.75, 3.05) is 0 Å². The number of rotatable bonds is 5. The van der Waals surface area contributed by atoms with Crippen molar-refractivity contribution in [2.45, 2.75) is 38.7 Å². The highest BCUT2D eigenvalue weighted by Gasteiger charge is 2.12. The molecule has 0 aliphatic carbocycles. The van der Waals surface area contributed by atoms with E-state index in [0.29, 0.717) is 0 Å². The van der Waals surface area contributed by atoms with Gasteiger partial charge in [0.05, 0.1) is 5.60 Å². The van der Waals surface area contributed by atoms with E-state index >= 15 is 0 Å². The molecule has 0 saturated heterocycles. The number of hydrogen-bond donors (Lipinski definition) is 1. The number of aryl methyl sites for hydroxylation is 1. The average molecular weight is 254 g/mol. The quantitative estimate of drug-likeness (QED) is 0.855. The molecule has 2 aromatic rings. The van der Waals surface area contributed by atoms with Crippen LogP contribution in [-0.4, -0.2) is 10.7 Å². The SMILES string of the molecule is CC(C)(O)CCc1cccc(Cc2ccccc2)c1. The molecule has 0 amide bonds. The normalized spacial score (nSPS) is 11.5. The van der Waals surface area contributed by atoms with Gasteiger partial charge >= 0.3 is 0 Å². The largest absolute Gasteiger partial charge is 0.390 e. The molecule has 0 fully saturated rings. The van der Waals surface area contributed by atoms with Gasteiger partial charge in [0.25, 0.3) is 0 Å². The molecule has 0 radical (unpaired) electrons. The molecule has 100 valence electrons. The summed E-state index contributed by atoms with van der Waals surface area (Å²) in [6.45, 7) is 3.72. The van der Waals surface area contributed by atoms with Gasteiger partial charge in [0.1, 0.15) is 0 Å². The van der Waals surface area contributed by atoms with E-state index in [2.05, 4.69) is 48.5 Å². The van der Waals surface area contributed by atoms with E-state index in [4.69, 9.17) is 0 Å². The number of hydrogen-bond acceptors (Lipinski definition) is 1. The fraction of sp³-hybridized carbons (Fsp3) is 0.333. The molecule has 1 N–H and O–H groups in total. The summed E-state index contributed by atoms with van der Waals surface area (Å²) in [4.78, 5) is 0. The van der Waals surface area contributed by atoms with Crippen LogP contribution in [0.2, 0.25) is 0 Å². The molecule has 0 aliphatic heterocycles. The van der Waals surface area contributed by atoms with Gasteiger partial charge in [0.2, 0.25) is 0 Å². The van der Waals surface area contributed by atoms with Crippen LogP contribution in [0.1, 0.15) is 37.0 Å². The van der Waals surface area contributed by atoms with Crippen molar-refractivity contribution in [3.05, 3.63) is 71.3 Å². The van der Waals surface area contributed by atoms with Crippen LogP contribution in [0.25, 0.3) is 0 Å². The van der Waals surface area contributed by atoms with Crippen LogP contribution in [-0.2, 0) is 12.8 Å². The van der Waals surface area contributed by atoms with E-state index in [1.807, 2.05) is 19.9 Å². The fourth-order valence-corrected chi connectivity index (χ4v) is 2.18. The molecule has 0 spiro atoms. The molecule has 2 aromatic carbocycles. The molecule has 2 rings (SSSR count). The minimum absolute atomic E-state index is 0.588. The Kier molecular flexibility index (Phi) is 4.39. The molecule has 0 heterocycles. The summed E-state index contributed by atoms with van der Waals surface area (Å²) in [5.41, 5.74) is 3.38. The standard InChI is InChI=1S/C18H22O/c1-18(2,19)12-11-16-9-6-10-17(14-16)13-15-7-4-3-5-8-15/h3-10,14,19H,11-13H2,1-2H3. The third-order valence-electron chi connectivity index (χ3n) is 3.27. The number of benzene rings is 2. The van der Waals surface area contributed by atoms with Gasteiger partial charge in [-0.15, -0.1) is 0 Å². The van der Waals surface area contributed by atoms with Crippen molar-refractivity contribution in [1.29, 1.82) is 0 Å². The molecule has 0 aromatic heterocycles. The maximum Gasteiger partial charge on any atom is 0.0594 e. The molecular weight excluding hydrogens is 232 g/mol. The predicted octanol–water partition coefficient (Wildman–Crippen LogP) is 3.98. The number of aliphatic hydroxyl groups is 1. The van der Waals surface area contributed by atoms with Gasteiger partial charge < -0.3 is 5.11 Å². The van der Waals surface area contributed by atoms with Crippen molar-refractivity contribution < 1.29 is 5.11 Å². The smallest absolute Gasteiger partial charge is 0.0594 e. The highest BCUT2D eigenvalue weighted by Crippen LogP contribution is 2.16. The monoisotopic (exact) mass is 254 g/mol. The summed E-state index contributed by atoms with van der Waals surface area (Å²) in [7, 11) is 0. The van der Waals surface area contributed by atoms with E-state index < -0.39 is 5.60 Å². The second kappa shape index (κ2) is 6.03. The molecule has 0 bridgehead atoms. The molecule has 0 saturated carbocycles. The zero-order valence-electron chi connectivity index (χ0n) is 11.8. The highest BCUT2D eigenvalue weighted by molar-refractivity contribution is 5.29. The second-order valence-electron chi connectivity index (χ2n) is 5.79. The summed E-state index contributed by atoms with van der Waals surface area (Å²) in [6.07, 6.45) is 2.69. The summed E-state index contributed by atoms with van der Waals surface area (Å²) >= 11 is 0. The van der Waals surface area contributed by atoms with Gasteiger partial charge in [-0.25, -0.2) is 0 Å². The first-order chi connectivity index (χ1) is 9.03. The summed E-state index contributed by atoms with van der Waals surface area (Å²) in [5.74, 6) is 0. The first-order valence-electron chi connectivity index (χ1n) is 6.87. The van der Waals surface area contributed by atoms with Gasteiger partial charge in [0.15, 0.2) is 0 Å². The minimum Gasteiger partial charge on any atom is -0.390 e. The summed E-state index contributed by atoms with van der Waals surface area (Å²) in [6, 6.07) is 19.2. The van der Waals surface area contributed by atoms with Gasteiger partial charge in [-0.1, -0.05) is 54.6 Å². The zero-order valence-corrected chi connectivity index (χ0v) is 11.8. The predicted molar refractivity (Wildman–Crippen MR) is 80.3 cm³/mol. The first-order valence-corrected chi connectivity index (χ1v) is 6.87. The lowest BCUT2D eigenvalue weighted by atomic mass is 9.96. The fourth-order valence-electron chi connectivity index (χ4n) is 2.18. The van der Waals surface area contributed by atoms with Crippen LogP contribution in [0.4, 0.5) is 0 Å². The maximum atomic E-state index is 9.78. The average Bonchev–Trinajstić information content (AvgIpc) is 2.37. The van der Waals surface area contributed by atoms with Crippen molar-refractivity contribution in [3.63, 3.8) is 0 Å². The van der Waals surface area contributed by atoms with Crippen LogP contribution in [0.5, 0.6) is 0 Å². The zero-order chi connectivity index (χ0) is 13.7. The van der Waals surface area contributed by atoms with Gasteiger partial charge in [-0.3, -0.25) is 0 Å². The van der Waals surface area contributed by atoms with E-state index in [-0.39, 0.29) is 0 Å². The Bertz CT molecular complexity index is 509. The Morgan fingerprint density at radius 2 is 1.47 bits per heavy atom. The van der Waals surface area contributed by atoms with E-state index in [1.165, 1.54) is 16.7 Å². The van der Waals surface area contributed by atoms with Crippen LogP contribution in [0.3, 0.4) is 0 Å². The third-order valence-corrected chi connectivity index (χ3v) is 3.27. The van der Waals surface area contributed by atoms with Crippen LogP contribution < -0.4 is 0 Å². The van der Waals surface area contributed by atoms with E-state index in [9.17, 15) is 5.11 Å². The highest BCUT2D eigenvalue weighted by atomic mass is 16.3. The van der Waals surface area contributed by atoms with Crippen molar-refractivity contribution in [1.82, 2.24) is 0 Å².